The third kappa shape index (κ3) is 7.05. The molecule has 0 radical (unpaired) electrons. The summed E-state index contributed by atoms with van der Waals surface area (Å²) in [5.74, 6) is -3.85. The number of nitro groups is 2. The Morgan fingerprint density at radius 3 is 2.19 bits per heavy atom. The van der Waals surface area contributed by atoms with Gasteiger partial charge in [-0.3, -0.25) is 39.5 Å². The highest BCUT2D eigenvalue weighted by molar-refractivity contribution is 6.01. The number of benzene rings is 3. The smallest absolute Gasteiger partial charge is 0.323 e. The number of halogens is 1. The molecule has 1 aliphatic rings. The molecule has 1 heterocycles. The number of nitrogens with zero attached hydrogens (tertiary/aromatic N) is 4. The van der Waals surface area contributed by atoms with Crippen LogP contribution in [0.5, 0.6) is 0 Å². The van der Waals surface area contributed by atoms with E-state index in [0.29, 0.717) is 0 Å². The first-order valence-corrected chi connectivity index (χ1v) is 12.6. The second-order valence-electron chi connectivity index (χ2n) is 9.32. The maximum absolute atomic E-state index is 13.8. The van der Waals surface area contributed by atoms with Gasteiger partial charge in [-0.25, -0.2) is 9.18 Å². The summed E-state index contributed by atoms with van der Waals surface area (Å²) in [5.41, 5.74) is -0.774. The van der Waals surface area contributed by atoms with Gasteiger partial charge < -0.3 is 20.6 Å². The van der Waals surface area contributed by atoms with E-state index in [-0.39, 0.29) is 41.3 Å². The van der Waals surface area contributed by atoms with Crippen LogP contribution in [0.15, 0.2) is 72.8 Å². The Morgan fingerprint density at radius 1 is 0.907 bits per heavy atom. The summed E-state index contributed by atoms with van der Waals surface area (Å²) >= 11 is 0. The minimum Gasteiger partial charge on any atom is -0.481 e. The minimum atomic E-state index is -1.68. The van der Waals surface area contributed by atoms with Gasteiger partial charge in [0.25, 0.3) is 23.2 Å². The first-order chi connectivity index (χ1) is 20.4. The molecular formula is C27H23FN6O9. The third-order valence-electron chi connectivity index (χ3n) is 6.49. The molecule has 1 aliphatic heterocycles. The van der Waals surface area contributed by atoms with Crippen molar-refractivity contribution in [3.05, 3.63) is 110 Å². The molecule has 0 spiro atoms. The molecule has 222 valence electrons. The van der Waals surface area contributed by atoms with Crippen molar-refractivity contribution in [2.75, 3.05) is 18.4 Å². The maximum Gasteiger partial charge on any atom is 0.323 e. The van der Waals surface area contributed by atoms with Crippen LogP contribution in [-0.4, -0.2) is 67.8 Å². The molecule has 0 aromatic heterocycles. The summed E-state index contributed by atoms with van der Waals surface area (Å²) in [7, 11) is 0. The normalized spacial score (nSPS) is 15.0. The summed E-state index contributed by atoms with van der Waals surface area (Å²) in [6.07, 6.45) is -2.39. The maximum atomic E-state index is 13.8. The minimum absolute atomic E-state index is 0.0490. The number of urea groups is 1. The molecule has 1 fully saturated rings. The lowest BCUT2D eigenvalue weighted by Gasteiger charge is -2.31. The van der Waals surface area contributed by atoms with Crippen LogP contribution in [0.1, 0.15) is 28.4 Å². The monoisotopic (exact) mass is 594 g/mol. The van der Waals surface area contributed by atoms with E-state index in [1.54, 1.807) is 0 Å². The fraction of sp³-hybridized carbons (Fsp3) is 0.185. The van der Waals surface area contributed by atoms with E-state index in [2.05, 4.69) is 10.6 Å². The van der Waals surface area contributed by atoms with Crippen LogP contribution in [0.2, 0.25) is 0 Å². The van der Waals surface area contributed by atoms with E-state index in [9.17, 15) is 48.9 Å². The Balaban J connectivity index is 1.69. The van der Waals surface area contributed by atoms with E-state index in [0.717, 1.165) is 34.1 Å². The molecule has 3 aromatic rings. The third-order valence-corrected chi connectivity index (χ3v) is 6.49. The summed E-state index contributed by atoms with van der Waals surface area (Å²) < 4.78 is 13.7. The number of rotatable bonds is 9. The van der Waals surface area contributed by atoms with E-state index in [1.807, 2.05) is 0 Å². The molecule has 4 rings (SSSR count). The highest BCUT2D eigenvalue weighted by atomic mass is 19.1. The molecular weight excluding hydrogens is 571 g/mol. The number of non-ortho nitro benzene ring substituents is 2. The van der Waals surface area contributed by atoms with E-state index in [4.69, 9.17) is 0 Å². The Kier molecular flexibility index (Phi) is 8.88. The molecule has 2 unspecified atom stereocenters. The van der Waals surface area contributed by atoms with Gasteiger partial charge >= 0.3 is 12.0 Å². The number of aliphatic carboxylic acids is 1. The van der Waals surface area contributed by atoms with Crippen LogP contribution in [0.3, 0.4) is 0 Å². The number of hydrogen-bond acceptors (Lipinski definition) is 8. The van der Waals surface area contributed by atoms with Crippen LogP contribution < -0.4 is 10.6 Å². The Labute approximate surface area is 241 Å². The molecule has 3 N–H and O–H groups in total. The van der Waals surface area contributed by atoms with Crippen LogP contribution in [-0.2, 0) is 9.59 Å². The predicted molar refractivity (Wildman–Crippen MR) is 146 cm³/mol. The number of hydrogen-bond donors (Lipinski definition) is 3. The average molecular weight is 595 g/mol. The molecule has 0 aliphatic carbocycles. The van der Waals surface area contributed by atoms with Gasteiger partial charge in [-0.1, -0.05) is 24.3 Å². The number of anilines is 1. The largest absolute Gasteiger partial charge is 0.481 e. The quantitative estimate of drug-likeness (QED) is 0.245. The van der Waals surface area contributed by atoms with Crippen molar-refractivity contribution in [2.45, 2.75) is 18.6 Å². The second-order valence-corrected chi connectivity index (χ2v) is 9.32. The van der Waals surface area contributed by atoms with Crippen molar-refractivity contribution in [2.24, 2.45) is 0 Å². The van der Waals surface area contributed by atoms with E-state index < -0.39 is 58.1 Å². The zero-order chi connectivity index (χ0) is 31.3. The topological polar surface area (TPSA) is 205 Å². The van der Waals surface area contributed by atoms with Gasteiger partial charge in [-0.05, 0) is 29.8 Å². The highest BCUT2D eigenvalue weighted by Crippen LogP contribution is 2.26. The Morgan fingerprint density at radius 2 is 1.53 bits per heavy atom. The first-order valence-electron chi connectivity index (χ1n) is 12.6. The number of nitro benzene ring substituents is 2. The van der Waals surface area contributed by atoms with Crippen molar-refractivity contribution >= 4 is 40.9 Å². The van der Waals surface area contributed by atoms with Crippen LogP contribution in [0, 0.1) is 26.0 Å². The van der Waals surface area contributed by atoms with Crippen LogP contribution in [0.25, 0.3) is 0 Å². The summed E-state index contributed by atoms with van der Waals surface area (Å²) in [4.78, 5) is 75.2. The van der Waals surface area contributed by atoms with Crippen LogP contribution in [0.4, 0.5) is 26.2 Å². The standard InChI is InChI=1S/C27H23FN6O9/c28-18-6-3-7-19(14-18)29-27(39)32-11-10-31(26(38)17-5-2-9-21(13-17)34(42)43)25(32)24(37)30-22(15-23(35)36)16-4-1-8-20(12-16)33(40)41/h1-9,12-14,22,25H,10-11,15H2,(H,29,39)(H,30,37)(H,35,36). The molecule has 43 heavy (non-hydrogen) atoms. The number of carboxylic acids is 1. The summed E-state index contributed by atoms with van der Waals surface area (Å²) in [6, 6.07) is 12.4. The van der Waals surface area contributed by atoms with Gasteiger partial charge in [0.05, 0.1) is 22.3 Å². The van der Waals surface area contributed by atoms with Gasteiger partial charge in [-0.15, -0.1) is 0 Å². The number of carbonyl (C=O) groups excluding carboxylic acids is 3. The number of nitrogens with one attached hydrogen (secondary N) is 2. The lowest BCUT2D eigenvalue weighted by Crippen LogP contribution is -2.55. The number of amides is 4. The van der Waals surface area contributed by atoms with Crippen LogP contribution >= 0.6 is 0 Å². The molecule has 1 saturated heterocycles. The van der Waals surface area contributed by atoms with Crippen molar-refractivity contribution < 1.29 is 38.5 Å². The summed E-state index contributed by atoms with van der Waals surface area (Å²) in [6.45, 7) is -0.392. The van der Waals surface area contributed by atoms with Crippen molar-refractivity contribution in [3.8, 4) is 0 Å². The lowest BCUT2D eigenvalue weighted by molar-refractivity contribution is -0.385. The molecule has 4 amide bonds. The molecule has 16 heteroatoms. The second kappa shape index (κ2) is 12.7. The molecule has 15 nitrogen and oxygen atoms in total. The van der Waals surface area contributed by atoms with Gasteiger partial charge in [0.15, 0.2) is 6.17 Å². The predicted octanol–water partition coefficient (Wildman–Crippen LogP) is 3.29. The van der Waals surface area contributed by atoms with Crippen molar-refractivity contribution in [1.29, 1.82) is 0 Å². The van der Waals surface area contributed by atoms with Gasteiger partial charge in [0.2, 0.25) is 0 Å². The van der Waals surface area contributed by atoms with Crippen molar-refractivity contribution in [1.82, 2.24) is 15.1 Å². The summed E-state index contributed by atoms with van der Waals surface area (Å²) in [5, 5.41) is 36.9. The lowest BCUT2D eigenvalue weighted by atomic mass is 10.0. The van der Waals surface area contributed by atoms with Gasteiger partial charge in [0, 0.05) is 48.6 Å². The zero-order valence-electron chi connectivity index (χ0n) is 22.1. The molecule has 0 bridgehead atoms. The van der Waals surface area contributed by atoms with E-state index in [1.165, 1.54) is 48.5 Å². The number of carboxylic acid groups (broad SMARTS) is 1. The average Bonchev–Trinajstić information content (AvgIpc) is 3.42. The SMILES string of the molecule is O=C(O)CC(NC(=O)C1N(C(=O)Nc2cccc(F)c2)CCN1C(=O)c1cccc([N+](=O)[O-])c1)c1cccc([N+](=O)[O-])c1. The zero-order valence-corrected chi connectivity index (χ0v) is 22.1. The van der Waals surface area contributed by atoms with Gasteiger partial charge in [-0.2, -0.15) is 0 Å². The fourth-order valence-corrected chi connectivity index (χ4v) is 4.54. The number of carbonyl (C=O) groups is 4. The fourth-order valence-electron chi connectivity index (χ4n) is 4.54. The molecule has 3 aromatic carbocycles. The highest BCUT2D eigenvalue weighted by Gasteiger charge is 2.44. The Bertz CT molecular complexity index is 1620. The van der Waals surface area contributed by atoms with E-state index >= 15 is 0 Å². The first kappa shape index (κ1) is 30.0. The molecule has 0 saturated carbocycles. The van der Waals surface area contributed by atoms with Crippen molar-refractivity contribution in [3.63, 3.8) is 0 Å². The Hall–Kier alpha value is -5.93. The molecule has 2 atom stereocenters. The van der Waals surface area contributed by atoms with Gasteiger partial charge in [0.1, 0.15) is 5.82 Å².